The van der Waals surface area contributed by atoms with E-state index in [-0.39, 0.29) is 17.7 Å². The number of carbonyl (C=O) groups is 2. The van der Waals surface area contributed by atoms with Crippen molar-refractivity contribution in [2.75, 3.05) is 26.2 Å². The van der Waals surface area contributed by atoms with Crippen LogP contribution in [0.25, 0.3) is 0 Å². The van der Waals surface area contributed by atoms with E-state index in [0.29, 0.717) is 38.9 Å². The minimum Gasteiger partial charge on any atom is -0.391 e. The quantitative estimate of drug-likeness (QED) is 0.871. The highest BCUT2D eigenvalue weighted by Gasteiger charge is 2.34. The average molecular weight is 345 g/mol. The number of likely N-dealkylation sites (tertiary alicyclic amines) is 2. The van der Waals surface area contributed by atoms with Gasteiger partial charge in [-0.1, -0.05) is 12.5 Å². The Morgan fingerprint density at radius 2 is 2.12 bits per heavy atom. The topological polar surface area (TPSA) is 73.7 Å². The summed E-state index contributed by atoms with van der Waals surface area (Å²) in [6, 6.07) is 5.75. The number of rotatable bonds is 5. The molecule has 2 amide bonds. The fraction of sp³-hybridized carbons (Fsp3) is 0.632. The summed E-state index contributed by atoms with van der Waals surface area (Å²) in [6.07, 6.45) is 5.92. The Kier molecular flexibility index (Phi) is 6.02. The molecule has 2 aliphatic heterocycles. The van der Waals surface area contributed by atoms with Crippen molar-refractivity contribution in [3.63, 3.8) is 0 Å². The lowest BCUT2D eigenvalue weighted by molar-refractivity contribution is -0.133. The van der Waals surface area contributed by atoms with Crippen LogP contribution in [-0.2, 0) is 16.0 Å². The van der Waals surface area contributed by atoms with Crippen molar-refractivity contribution in [3.8, 4) is 0 Å². The van der Waals surface area contributed by atoms with Gasteiger partial charge < -0.3 is 14.9 Å². The van der Waals surface area contributed by atoms with Gasteiger partial charge in [0.15, 0.2) is 0 Å². The third-order valence-corrected chi connectivity index (χ3v) is 5.22. The molecule has 0 spiro atoms. The molecule has 0 radical (unpaired) electrons. The van der Waals surface area contributed by atoms with Gasteiger partial charge in [0, 0.05) is 56.8 Å². The largest absolute Gasteiger partial charge is 0.391 e. The van der Waals surface area contributed by atoms with E-state index < -0.39 is 6.10 Å². The Morgan fingerprint density at radius 3 is 2.92 bits per heavy atom. The fourth-order valence-corrected chi connectivity index (χ4v) is 3.71. The third-order valence-electron chi connectivity index (χ3n) is 5.22. The first-order chi connectivity index (χ1) is 12.1. The molecule has 3 rings (SSSR count). The molecule has 1 N–H and O–H groups in total. The minimum absolute atomic E-state index is 0.0265. The second kappa shape index (κ2) is 8.43. The summed E-state index contributed by atoms with van der Waals surface area (Å²) in [7, 11) is 0. The van der Waals surface area contributed by atoms with Crippen LogP contribution in [0.4, 0.5) is 0 Å². The van der Waals surface area contributed by atoms with Gasteiger partial charge in [0.1, 0.15) is 0 Å². The van der Waals surface area contributed by atoms with Gasteiger partial charge in [-0.2, -0.15) is 0 Å². The van der Waals surface area contributed by atoms with Crippen molar-refractivity contribution in [2.45, 2.75) is 44.6 Å². The van der Waals surface area contributed by atoms with Gasteiger partial charge in [-0.25, -0.2) is 0 Å². The number of hydrogen-bond donors (Lipinski definition) is 1. The SMILES string of the molecule is O=C1CCCCCN1CCC(=O)N1C[C@@H](Cc2ccccn2)[C@H](O)C1. The summed E-state index contributed by atoms with van der Waals surface area (Å²) in [5, 5.41) is 10.3. The zero-order chi connectivity index (χ0) is 17.6. The van der Waals surface area contributed by atoms with Crippen LogP contribution in [0.1, 0.15) is 37.8 Å². The van der Waals surface area contributed by atoms with Gasteiger partial charge in [-0.05, 0) is 31.4 Å². The maximum absolute atomic E-state index is 12.5. The van der Waals surface area contributed by atoms with E-state index in [0.717, 1.165) is 31.5 Å². The van der Waals surface area contributed by atoms with E-state index in [9.17, 15) is 14.7 Å². The fourth-order valence-electron chi connectivity index (χ4n) is 3.71. The Morgan fingerprint density at radius 1 is 1.24 bits per heavy atom. The van der Waals surface area contributed by atoms with Gasteiger partial charge in [0.05, 0.1) is 6.10 Å². The molecule has 2 atom stereocenters. The summed E-state index contributed by atoms with van der Waals surface area (Å²) < 4.78 is 0. The highest BCUT2D eigenvalue weighted by Crippen LogP contribution is 2.22. The molecule has 6 heteroatoms. The molecular formula is C19H27N3O3. The smallest absolute Gasteiger partial charge is 0.224 e. The predicted molar refractivity (Wildman–Crippen MR) is 93.7 cm³/mol. The van der Waals surface area contributed by atoms with Crippen LogP contribution in [0, 0.1) is 5.92 Å². The van der Waals surface area contributed by atoms with Crippen LogP contribution in [-0.4, -0.2) is 64.0 Å². The Balaban J connectivity index is 1.48. The number of aromatic nitrogens is 1. The molecule has 6 nitrogen and oxygen atoms in total. The molecule has 0 bridgehead atoms. The van der Waals surface area contributed by atoms with Gasteiger partial charge in [0.2, 0.25) is 11.8 Å². The van der Waals surface area contributed by atoms with Crippen LogP contribution in [0.5, 0.6) is 0 Å². The van der Waals surface area contributed by atoms with Crippen molar-refractivity contribution in [3.05, 3.63) is 30.1 Å². The first-order valence-electron chi connectivity index (χ1n) is 9.27. The molecule has 2 aliphatic rings. The molecule has 1 aromatic rings. The molecule has 2 saturated heterocycles. The van der Waals surface area contributed by atoms with Crippen LogP contribution in [0.2, 0.25) is 0 Å². The molecule has 25 heavy (non-hydrogen) atoms. The van der Waals surface area contributed by atoms with Crippen molar-refractivity contribution in [1.29, 1.82) is 0 Å². The summed E-state index contributed by atoms with van der Waals surface area (Å²) in [5.74, 6) is 0.220. The van der Waals surface area contributed by atoms with Gasteiger partial charge >= 0.3 is 0 Å². The molecule has 2 fully saturated rings. The Labute approximate surface area is 148 Å². The summed E-state index contributed by atoms with van der Waals surface area (Å²) in [6.45, 7) is 2.20. The molecule has 1 aromatic heterocycles. The van der Waals surface area contributed by atoms with E-state index in [2.05, 4.69) is 4.98 Å². The lowest BCUT2D eigenvalue weighted by Gasteiger charge is -2.22. The first-order valence-corrected chi connectivity index (χ1v) is 9.27. The molecule has 136 valence electrons. The van der Waals surface area contributed by atoms with Gasteiger partial charge in [0.25, 0.3) is 0 Å². The maximum Gasteiger partial charge on any atom is 0.224 e. The van der Waals surface area contributed by atoms with E-state index in [1.54, 1.807) is 11.1 Å². The standard InChI is InChI=1S/C19H27N3O3/c23-17-14-22(13-15(17)12-16-6-3-4-9-20-16)19(25)8-11-21-10-5-1-2-7-18(21)24/h3-4,6,9,15,17,23H,1-2,5,7-8,10-14H2/t15-,17-/m1/s1. The van der Waals surface area contributed by atoms with Crippen LogP contribution >= 0.6 is 0 Å². The zero-order valence-electron chi connectivity index (χ0n) is 14.6. The van der Waals surface area contributed by atoms with E-state index >= 15 is 0 Å². The van der Waals surface area contributed by atoms with Gasteiger partial charge in [-0.15, -0.1) is 0 Å². The van der Waals surface area contributed by atoms with Crippen LogP contribution < -0.4 is 0 Å². The maximum atomic E-state index is 12.5. The Bertz CT molecular complexity index is 593. The number of carbonyl (C=O) groups excluding carboxylic acids is 2. The average Bonchev–Trinajstić information content (AvgIpc) is 2.85. The monoisotopic (exact) mass is 345 g/mol. The van der Waals surface area contributed by atoms with Crippen molar-refractivity contribution < 1.29 is 14.7 Å². The van der Waals surface area contributed by atoms with E-state index in [1.807, 2.05) is 23.1 Å². The minimum atomic E-state index is -0.509. The number of nitrogens with zero attached hydrogens (tertiary/aromatic N) is 3. The van der Waals surface area contributed by atoms with Crippen molar-refractivity contribution in [1.82, 2.24) is 14.8 Å². The number of hydrogen-bond acceptors (Lipinski definition) is 4. The highest BCUT2D eigenvalue weighted by atomic mass is 16.3. The first kappa shape index (κ1) is 17.9. The molecule has 0 aliphatic carbocycles. The van der Waals surface area contributed by atoms with Crippen molar-refractivity contribution >= 4 is 11.8 Å². The predicted octanol–water partition coefficient (Wildman–Crippen LogP) is 1.24. The second-order valence-corrected chi connectivity index (χ2v) is 7.09. The number of amides is 2. The van der Waals surface area contributed by atoms with Crippen LogP contribution in [0.3, 0.4) is 0 Å². The summed E-state index contributed by atoms with van der Waals surface area (Å²) >= 11 is 0. The number of β-amino-alcohol motifs (C(OH)–C–C–N with tert-alkyl or cyclic N) is 1. The second-order valence-electron chi connectivity index (χ2n) is 7.09. The van der Waals surface area contributed by atoms with E-state index in [1.165, 1.54) is 0 Å². The zero-order valence-corrected chi connectivity index (χ0v) is 14.6. The van der Waals surface area contributed by atoms with E-state index in [4.69, 9.17) is 0 Å². The molecule has 0 unspecified atom stereocenters. The normalized spacial score (nSPS) is 24.4. The number of aliphatic hydroxyl groups excluding tert-OH is 1. The lowest BCUT2D eigenvalue weighted by atomic mass is 10.00. The molecular weight excluding hydrogens is 318 g/mol. The summed E-state index contributed by atoms with van der Waals surface area (Å²) in [4.78, 5) is 32.4. The van der Waals surface area contributed by atoms with Crippen molar-refractivity contribution in [2.24, 2.45) is 5.92 Å². The third kappa shape index (κ3) is 4.78. The highest BCUT2D eigenvalue weighted by molar-refractivity contribution is 5.79. The lowest BCUT2D eigenvalue weighted by Crippen LogP contribution is -2.36. The number of aliphatic hydroxyl groups is 1. The molecule has 0 aromatic carbocycles. The Hall–Kier alpha value is -1.95. The van der Waals surface area contributed by atoms with Gasteiger partial charge in [-0.3, -0.25) is 14.6 Å². The number of pyridine rings is 1. The van der Waals surface area contributed by atoms with Crippen LogP contribution in [0.15, 0.2) is 24.4 Å². The summed E-state index contributed by atoms with van der Waals surface area (Å²) in [5.41, 5.74) is 0.941. The molecule has 3 heterocycles. The molecule has 0 saturated carbocycles.